The maximum Gasteiger partial charge on any atom is 0.314 e. The van der Waals surface area contributed by atoms with E-state index in [4.69, 9.17) is 5.11 Å². The number of aliphatic hydroxyl groups is 1. The molecule has 2 rings (SSSR count). The van der Waals surface area contributed by atoms with E-state index in [-0.39, 0.29) is 12.5 Å². The van der Waals surface area contributed by atoms with E-state index in [1.54, 1.807) is 0 Å². The molecule has 1 atom stereocenters. The molecule has 0 bridgehead atoms. The van der Waals surface area contributed by atoms with E-state index >= 15 is 0 Å². The smallest absolute Gasteiger partial charge is 0.314 e. The number of carbonyl (C=O) groups is 1. The molecule has 2 N–H and O–H groups in total. The molecule has 1 aromatic rings. The normalized spacial score (nSPS) is 20.5. The Balaban J connectivity index is 2.09. The van der Waals surface area contributed by atoms with E-state index in [1.165, 1.54) is 0 Å². The predicted molar refractivity (Wildman–Crippen MR) is 77.7 cm³/mol. The highest BCUT2D eigenvalue weighted by Crippen LogP contribution is 2.36. The van der Waals surface area contributed by atoms with Crippen LogP contribution in [-0.4, -0.2) is 47.3 Å². The first-order chi connectivity index (χ1) is 9.58. The highest BCUT2D eigenvalue weighted by molar-refractivity contribution is 5.81. The number of nitrogens with zero attached hydrogens (tertiary/aromatic N) is 1. The topological polar surface area (TPSA) is 60.8 Å². The molecule has 1 aliphatic heterocycles. The van der Waals surface area contributed by atoms with Gasteiger partial charge < -0.3 is 15.1 Å². The summed E-state index contributed by atoms with van der Waals surface area (Å²) < 4.78 is 0. The van der Waals surface area contributed by atoms with Gasteiger partial charge in [-0.1, -0.05) is 37.3 Å². The maximum atomic E-state index is 11.8. The highest BCUT2D eigenvalue weighted by atomic mass is 16.4. The Labute approximate surface area is 120 Å². The largest absolute Gasteiger partial charge is 0.481 e. The minimum absolute atomic E-state index is 0.180. The number of aliphatic carboxylic acids is 1. The number of carboxylic acid groups (broad SMARTS) is 1. The van der Waals surface area contributed by atoms with Crippen LogP contribution in [0.15, 0.2) is 30.3 Å². The van der Waals surface area contributed by atoms with Gasteiger partial charge in [-0.2, -0.15) is 0 Å². The molecule has 0 aromatic heterocycles. The van der Waals surface area contributed by atoms with Crippen molar-refractivity contribution in [3.8, 4) is 0 Å². The van der Waals surface area contributed by atoms with Gasteiger partial charge in [0, 0.05) is 13.2 Å². The van der Waals surface area contributed by atoms with Crippen molar-refractivity contribution in [2.24, 2.45) is 5.92 Å². The molecule has 1 unspecified atom stereocenters. The van der Waals surface area contributed by atoms with Gasteiger partial charge in [0.15, 0.2) is 0 Å². The van der Waals surface area contributed by atoms with Crippen molar-refractivity contribution in [3.63, 3.8) is 0 Å². The number of likely N-dealkylation sites (tertiary alicyclic amines) is 1. The fourth-order valence-corrected chi connectivity index (χ4v) is 3.00. The number of benzene rings is 1. The molecule has 0 saturated carbocycles. The molecule has 4 heteroatoms. The zero-order valence-corrected chi connectivity index (χ0v) is 12.0. The van der Waals surface area contributed by atoms with Crippen LogP contribution in [0.5, 0.6) is 0 Å². The van der Waals surface area contributed by atoms with Gasteiger partial charge in [-0.3, -0.25) is 4.79 Å². The molecule has 0 spiro atoms. The van der Waals surface area contributed by atoms with E-state index < -0.39 is 11.4 Å². The van der Waals surface area contributed by atoms with Crippen molar-refractivity contribution < 1.29 is 15.0 Å². The molecular formula is C16H23NO3. The maximum absolute atomic E-state index is 11.8. The summed E-state index contributed by atoms with van der Waals surface area (Å²) in [6, 6.07) is 9.55. The SMILES string of the molecule is CC(CO)CN1CCC(C(=O)O)(c2ccccc2)CC1. The van der Waals surface area contributed by atoms with Crippen LogP contribution in [0.3, 0.4) is 0 Å². The lowest BCUT2D eigenvalue weighted by Crippen LogP contribution is -2.48. The fourth-order valence-electron chi connectivity index (χ4n) is 3.00. The Hall–Kier alpha value is -1.39. The summed E-state index contributed by atoms with van der Waals surface area (Å²) in [5.41, 5.74) is 0.155. The average molecular weight is 277 g/mol. The van der Waals surface area contributed by atoms with Crippen LogP contribution >= 0.6 is 0 Å². The first-order valence-corrected chi connectivity index (χ1v) is 7.20. The van der Waals surface area contributed by atoms with Gasteiger partial charge in [-0.05, 0) is 37.4 Å². The third-order valence-corrected chi connectivity index (χ3v) is 4.33. The first-order valence-electron chi connectivity index (χ1n) is 7.20. The fraction of sp³-hybridized carbons (Fsp3) is 0.562. The third-order valence-electron chi connectivity index (χ3n) is 4.33. The molecule has 4 nitrogen and oxygen atoms in total. The van der Waals surface area contributed by atoms with Crippen molar-refractivity contribution in [1.29, 1.82) is 0 Å². The summed E-state index contributed by atoms with van der Waals surface area (Å²) in [5, 5.41) is 18.8. The van der Waals surface area contributed by atoms with E-state index in [0.717, 1.165) is 25.2 Å². The summed E-state index contributed by atoms with van der Waals surface area (Å²) in [6.07, 6.45) is 1.26. The van der Waals surface area contributed by atoms with Crippen molar-refractivity contribution in [1.82, 2.24) is 4.90 Å². The first kappa shape index (κ1) is 15.0. The Kier molecular flexibility index (Phi) is 4.78. The Morgan fingerprint density at radius 3 is 2.40 bits per heavy atom. The second kappa shape index (κ2) is 6.37. The molecular weight excluding hydrogens is 254 g/mol. The van der Waals surface area contributed by atoms with Crippen LogP contribution in [0.2, 0.25) is 0 Å². The van der Waals surface area contributed by atoms with Gasteiger partial charge in [0.25, 0.3) is 0 Å². The van der Waals surface area contributed by atoms with E-state index in [0.29, 0.717) is 12.8 Å². The second-order valence-electron chi connectivity index (χ2n) is 5.84. The second-order valence-corrected chi connectivity index (χ2v) is 5.84. The number of piperidine rings is 1. The summed E-state index contributed by atoms with van der Waals surface area (Å²) in [7, 11) is 0. The minimum Gasteiger partial charge on any atom is -0.481 e. The van der Waals surface area contributed by atoms with Gasteiger partial charge in [0.05, 0.1) is 5.41 Å². The van der Waals surface area contributed by atoms with E-state index in [9.17, 15) is 9.90 Å². The molecule has 1 fully saturated rings. The molecule has 0 radical (unpaired) electrons. The summed E-state index contributed by atoms with van der Waals surface area (Å²) >= 11 is 0. The molecule has 1 aromatic carbocycles. The van der Waals surface area contributed by atoms with E-state index in [1.807, 2.05) is 37.3 Å². The monoisotopic (exact) mass is 277 g/mol. The van der Waals surface area contributed by atoms with Gasteiger partial charge in [0.1, 0.15) is 0 Å². The van der Waals surface area contributed by atoms with Crippen molar-refractivity contribution in [2.75, 3.05) is 26.2 Å². The lowest BCUT2D eigenvalue weighted by atomic mass is 9.72. The van der Waals surface area contributed by atoms with Crippen molar-refractivity contribution in [3.05, 3.63) is 35.9 Å². The van der Waals surface area contributed by atoms with Crippen molar-refractivity contribution >= 4 is 5.97 Å². The molecule has 1 saturated heterocycles. The van der Waals surface area contributed by atoms with Crippen LogP contribution in [0.25, 0.3) is 0 Å². The Morgan fingerprint density at radius 1 is 1.30 bits per heavy atom. The average Bonchev–Trinajstić information content (AvgIpc) is 2.48. The molecule has 1 heterocycles. The molecule has 0 amide bonds. The Bertz CT molecular complexity index is 438. The van der Waals surface area contributed by atoms with Crippen LogP contribution in [-0.2, 0) is 10.2 Å². The molecule has 110 valence electrons. The van der Waals surface area contributed by atoms with Crippen molar-refractivity contribution in [2.45, 2.75) is 25.2 Å². The van der Waals surface area contributed by atoms with E-state index in [2.05, 4.69) is 4.90 Å². The van der Waals surface area contributed by atoms with Crippen LogP contribution in [0.4, 0.5) is 0 Å². The van der Waals surface area contributed by atoms with Gasteiger partial charge in [-0.15, -0.1) is 0 Å². The number of rotatable bonds is 5. The Morgan fingerprint density at radius 2 is 1.90 bits per heavy atom. The standard InChI is InChI=1S/C16H23NO3/c1-13(12-18)11-17-9-7-16(8-10-17,15(19)20)14-5-3-2-4-6-14/h2-6,13,18H,7-12H2,1H3,(H,19,20). The van der Waals surface area contributed by atoms with Gasteiger partial charge in [-0.25, -0.2) is 0 Å². The predicted octanol–water partition coefficient (Wildman–Crippen LogP) is 1.73. The van der Waals surface area contributed by atoms with Crippen LogP contribution < -0.4 is 0 Å². The third kappa shape index (κ3) is 3.02. The highest BCUT2D eigenvalue weighted by Gasteiger charge is 2.42. The minimum atomic E-state index is -0.750. The molecule has 1 aliphatic rings. The summed E-state index contributed by atoms with van der Waals surface area (Å²) in [6.45, 7) is 4.56. The molecule has 0 aliphatic carbocycles. The number of hydrogen-bond acceptors (Lipinski definition) is 3. The number of hydrogen-bond donors (Lipinski definition) is 2. The van der Waals surface area contributed by atoms with Crippen LogP contribution in [0, 0.1) is 5.92 Å². The number of aliphatic hydroxyl groups excluding tert-OH is 1. The lowest BCUT2D eigenvalue weighted by Gasteiger charge is -2.40. The lowest BCUT2D eigenvalue weighted by molar-refractivity contribution is -0.146. The van der Waals surface area contributed by atoms with Crippen LogP contribution in [0.1, 0.15) is 25.3 Å². The summed E-state index contributed by atoms with van der Waals surface area (Å²) in [4.78, 5) is 14.1. The zero-order valence-electron chi connectivity index (χ0n) is 12.0. The van der Waals surface area contributed by atoms with Gasteiger partial charge >= 0.3 is 5.97 Å². The zero-order chi connectivity index (χ0) is 14.6. The quantitative estimate of drug-likeness (QED) is 0.860. The number of carboxylic acids is 1. The molecule has 20 heavy (non-hydrogen) atoms. The van der Waals surface area contributed by atoms with Gasteiger partial charge in [0.2, 0.25) is 0 Å². The summed E-state index contributed by atoms with van der Waals surface area (Å²) in [5.74, 6) is -0.484.